The average Bonchev–Trinajstić information content (AvgIpc) is 3.25. The van der Waals surface area contributed by atoms with Crippen LogP contribution in [0.3, 0.4) is 0 Å². The minimum absolute atomic E-state index is 0.0999. The van der Waals surface area contributed by atoms with Crippen molar-refractivity contribution in [3.63, 3.8) is 0 Å². The van der Waals surface area contributed by atoms with Crippen molar-refractivity contribution in [1.82, 2.24) is 10.1 Å². The van der Waals surface area contributed by atoms with E-state index in [2.05, 4.69) is 10.1 Å². The number of hydrogen-bond donors (Lipinski definition) is 0. The first-order valence-electron chi connectivity index (χ1n) is 9.10. The van der Waals surface area contributed by atoms with Crippen LogP contribution < -0.4 is 14.2 Å². The number of nitrogens with zero attached hydrogens (tertiary/aromatic N) is 2. The summed E-state index contributed by atoms with van der Waals surface area (Å²) in [5, 5.41) is 3.94. The van der Waals surface area contributed by atoms with Gasteiger partial charge in [-0.3, -0.25) is 4.79 Å². The van der Waals surface area contributed by atoms with E-state index in [0.29, 0.717) is 29.3 Å². The molecule has 2 heterocycles. The van der Waals surface area contributed by atoms with Crippen LogP contribution in [-0.2, 0) is 22.6 Å². The Bertz CT molecular complexity index is 1020. The summed E-state index contributed by atoms with van der Waals surface area (Å²) in [7, 11) is 3.12. The van der Waals surface area contributed by atoms with Gasteiger partial charge in [0.2, 0.25) is 5.82 Å². The van der Waals surface area contributed by atoms with E-state index in [9.17, 15) is 4.79 Å². The summed E-state index contributed by atoms with van der Waals surface area (Å²) in [6.07, 6.45) is 0.579. The topological polar surface area (TPSA) is 92.9 Å². The van der Waals surface area contributed by atoms with Crippen molar-refractivity contribution in [3.8, 4) is 28.6 Å². The number of benzene rings is 2. The Hall–Kier alpha value is -3.55. The molecule has 0 saturated carbocycles. The van der Waals surface area contributed by atoms with Gasteiger partial charge in [0, 0.05) is 5.56 Å². The summed E-state index contributed by atoms with van der Waals surface area (Å²) < 4.78 is 26.7. The molecule has 0 N–H and O–H groups in total. The number of carbonyl (C=O) groups is 1. The standard InChI is InChI=1S/C21H20N2O6/c1-25-17-8-7-14(10-18(17)26-2)20-22-19(29-23-20)12-28-21(24)15-9-13-5-3-4-6-16(13)27-11-15/h3-8,10,15H,9,11-12H2,1-2H3/t15-/m1/s1. The van der Waals surface area contributed by atoms with Crippen LogP contribution in [0.5, 0.6) is 17.2 Å². The number of aromatic nitrogens is 2. The molecule has 1 aliphatic rings. The van der Waals surface area contributed by atoms with Crippen molar-refractivity contribution in [2.45, 2.75) is 13.0 Å². The zero-order chi connectivity index (χ0) is 20.2. The van der Waals surface area contributed by atoms with E-state index in [1.165, 1.54) is 0 Å². The maximum absolute atomic E-state index is 12.4. The fourth-order valence-electron chi connectivity index (χ4n) is 3.14. The molecule has 1 aliphatic heterocycles. The van der Waals surface area contributed by atoms with Gasteiger partial charge in [-0.05, 0) is 36.2 Å². The highest BCUT2D eigenvalue weighted by molar-refractivity contribution is 5.73. The quantitative estimate of drug-likeness (QED) is 0.587. The fraction of sp³-hybridized carbons (Fsp3) is 0.286. The van der Waals surface area contributed by atoms with E-state index >= 15 is 0 Å². The molecular formula is C21H20N2O6. The van der Waals surface area contributed by atoms with Crippen molar-refractivity contribution in [1.29, 1.82) is 0 Å². The van der Waals surface area contributed by atoms with Crippen LogP contribution in [0.15, 0.2) is 47.0 Å². The number of carbonyl (C=O) groups excluding carboxylic acids is 1. The third kappa shape index (κ3) is 4.01. The van der Waals surface area contributed by atoms with E-state index in [4.69, 9.17) is 23.5 Å². The molecule has 2 aromatic carbocycles. The Morgan fingerprint density at radius 2 is 1.97 bits per heavy atom. The van der Waals surface area contributed by atoms with Crippen molar-refractivity contribution in [2.75, 3.05) is 20.8 Å². The minimum Gasteiger partial charge on any atom is -0.493 e. The van der Waals surface area contributed by atoms with Gasteiger partial charge in [-0.15, -0.1) is 0 Å². The zero-order valence-electron chi connectivity index (χ0n) is 16.1. The van der Waals surface area contributed by atoms with Crippen molar-refractivity contribution in [3.05, 3.63) is 53.9 Å². The lowest BCUT2D eigenvalue weighted by Gasteiger charge is -2.23. The lowest BCUT2D eigenvalue weighted by molar-refractivity contribution is -0.152. The molecule has 4 rings (SSSR count). The highest BCUT2D eigenvalue weighted by Crippen LogP contribution is 2.31. The zero-order valence-corrected chi connectivity index (χ0v) is 16.1. The monoisotopic (exact) mass is 396 g/mol. The largest absolute Gasteiger partial charge is 0.493 e. The fourth-order valence-corrected chi connectivity index (χ4v) is 3.14. The number of rotatable bonds is 6. The van der Waals surface area contributed by atoms with Crippen LogP contribution >= 0.6 is 0 Å². The van der Waals surface area contributed by atoms with Gasteiger partial charge >= 0.3 is 5.97 Å². The third-order valence-corrected chi connectivity index (χ3v) is 4.66. The van der Waals surface area contributed by atoms with Crippen LogP contribution in [0, 0.1) is 5.92 Å². The van der Waals surface area contributed by atoms with E-state index in [1.54, 1.807) is 32.4 Å². The first-order valence-corrected chi connectivity index (χ1v) is 9.10. The van der Waals surface area contributed by atoms with Crippen LogP contribution in [0.1, 0.15) is 11.5 Å². The summed E-state index contributed by atoms with van der Waals surface area (Å²) >= 11 is 0. The van der Waals surface area contributed by atoms with Gasteiger partial charge in [-0.25, -0.2) is 0 Å². The second-order valence-corrected chi connectivity index (χ2v) is 6.51. The van der Waals surface area contributed by atoms with Gasteiger partial charge in [0.25, 0.3) is 5.89 Å². The van der Waals surface area contributed by atoms with Crippen LogP contribution in [0.2, 0.25) is 0 Å². The van der Waals surface area contributed by atoms with Crippen LogP contribution in [-0.4, -0.2) is 36.9 Å². The predicted octanol–water partition coefficient (Wildman–Crippen LogP) is 3.05. The molecule has 0 radical (unpaired) electrons. The first kappa shape index (κ1) is 18.8. The van der Waals surface area contributed by atoms with E-state index < -0.39 is 0 Å². The van der Waals surface area contributed by atoms with E-state index in [0.717, 1.165) is 11.3 Å². The molecule has 0 aliphatic carbocycles. The number of ether oxygens (including phenoxy) is 4. The van der Waals surface area contributed by atoms with Crippen LogP contribution in [0.25, 0.3) is 11.4 Å². The average molecular weight is 396 g/mol. The molecule has 3 aromatic rings. The molecule has 29 heavy (non-hydrogen) atoms. The highest BCUT2D eigenvalue weighted by atomic mass is 16.6. The molecule has 1 aromatic heterocycles. The Morgan fingerprint density at radius 3 is 2.79 bits per heavy atom. The third-order valence-electron chi connectivity index (χ3n) is 4.66. The number of para-hydroxylation sites is 1. The second-order valence-electron chi connectivity index (χ2n) is 6.51. The van der Waals surface area contributed by atoms with Crippen molar-refractivity contribution >= 4 is 5.97 Å². The smallest absolute Gasteiger partial charge is 0.313 e. The van der Waals surface area contributed by atoms with Gasteiger partial charge in [0.05, 0.1) is 20.1 Å². The second kappa shape index (κ2) is 8.22. The van der Waals surface area contributed by atoms with Gasteiger partial charge in [0.1, 0.15) is 12.4 Å². The Labute approximate surface area is 167 Å². The summed E-state index contributed by atoms with van der Waals surface area (Å²) in [6.45, 7) is 0.188. The van der Waals surface area contributed by atoms with Gasteiger partial charge in [-0.1, -0.05) is 23.4 Å². The number of methoxy groups -OCH3 is 2. The highest BCUT2D eigenvalue weighted by Gasteiger charge is 2.27. The molecular weight excluding hydrogens is 376 g/mol. The summed E-state index contributed by atoms with van der Waals surface area (Å²) in [4.78, 5) is 16.7. The molecule has 0 bridgehead atoms. The minimum atomic E-state index is -0.363. The maximum atomic E-state index is 12.4. The molecule has 0 amide bonds. The molecule has 8 heteroatoms. The summed E-state index contributed by atoms with van der Waals surface area (Å²) in [5.41, 5.74) is 1.69. The molecule has 0 unspecified atom stereocenters. The molecule has 1 atom stereocenters. The number of hydrogen-bond acceptors (Lipinski definition) is 8. The lowest BCUT2D eigenvalue weighted by atomic mass is 9.97. The number of esters is 1. The molecule has 0 fully saturated rings. The molecule has 0 saturated heterocycles. The van der Waals surface area contributed by atoms with Crippen molar-refractivity contribution < 1.29 is 28.3 Å². The van der Waals surface area contributed by atoms with Crippen molar-refractivity contribution in [2.24, 2.45) is 5.92 Å². The normalized spacial score (nSPS) is 15.2. The first-order chi connectivity index (χ1) is 14.2. The summed E-state index contributed by atoms with van der Waals surface area (Å²) in [6, 6.07) is 13.0. The van der Waals surface area contributed by atoms with E-state index in [1.807, 2.05) is 24.3 Å². The van der Waals surface area contributed by atoms with Crippen LogP contribution in [0.4, 0.5) is 0 Å². The Kier molecular flexibility index (Phi) is 5.33. The van der Waals surface area contributed by atoms with E-state index in [-0.39, 0.29) is 31.0 Å². The number of fused-ring (bicyclic) bond motifs is 1. The van der Waals surface area contributed by atoms with Gasteiger partial charge < -0.3 is 23.5 Å². The van der Waals surface area contributed by atoms with Gasteiger partial charge in [0.15, 0.2) is 18.1 Å². The Balaban J connectivity index is 1.38. The Morgan fingerprint density at radius 1 is 1.14 bits per heavy atom. The molecule has 150 valence electrons. The molecule has 0 spiro atoms. The van der Waals surface area contributed by atoms with Gasteiger partial charge in [-0.2, -0.15) is 4.98 Å². The SMILES string of the molecule is COc1ccc(-c2noc(COC(=O)[C@H]3COc4ccccc4C3)n2)cc1OC. The summed E-state index contributed by atoms with van der Waals surface area (Å²) in [5.74, 6) is 1.83. The maximum Gasteiger partial charge on any atom is 0.313 e. The lowest BCUT2D eigenvalue weighted by Crippen LogP contribution is -2.29. The molecule has 8 nitrogen and oxygen atoms in total. The predicted molar refractivity (Wildman–Crippen MR) is 102 cm³/mol.